The number of likely N-dealkylation sites (tertiary alicyclic amines) is 1. The molecule has 1 amide bonds. The molecule has 0 spiro atoms. The summed E-state index contributed by atoms with van der Waals surface area (Å²) in [4.78, 5) is 12.1. The van der Waals surface area contributed by atoms with Crippen molar-refractivity contribution in [3.63, 3.8) is 0 Å². The molecule has 0 radical (unpaired) electrons. The molecule has 1 aromatic heterocycles. The highest BCUT2D eigenvalue weighted by Gasteiger charge is 2.30. The lowest BCUT2D eigenvalue weighted by Crippen LogP contribution is -2.49. The Balaban J connectivity index is 1.87. The van der Waals surface area contributed by atoms with Crippen LogP contribution < -0.4 is 5.32 Å². The van der Waals surface area contributed by atoms with E-state index < -0.39 is 12.3 Å². The Labute approximate surface area is 130 Å². The van der Waals surface area contributed by atoms with Gasteiger partial charge in [-0.15, -0.1) is 10.2 Å². The lowest BCUT2D eigenvalue weighted by molar-refractivity contribution is 0.102. The molecule has 6 nitrogen and oxygen atoms in total. The van der Waals surface area contributed by atoms with Crippen LogP contribution in [0.5, 0.6) is 0 Å². The fraction of sp³-hybridized carbons (Fsp3) is 0.357. The van der Waals surface area contributed by atoms with E-state index in [1.807, 2.05) is 24.3 Å². The molecular formula is C14H14ClFN4O2. The average Bonchev–Trinajstić information content (AvgIpc) is 2.50. The molecular weight excluding hydrogens is 311 g/mol. The standard InChI is InChI=1S/C14H14ClFN4O2/c15-12-10-3-1-2-4-11(10)13(19-18-12)17-9-5-8(16)6-20(7-9)14(21)22/h1-4,8-9H,5-7H2,(H,17,19)(H,21,22)/t8-,9-/m1/s1. The first-order chi connectivity index (χ1) is 10.5. The van der Waals surface area contributed by atoms with Crippen LogP contribution in [0.2, 0.25) is 5.15 Å². The van der Waals surface area contributed by atoms with Gasteiger partial charge in [0.1, 0.15) is 6.17 Å². The number of benzene rings is 1. The molecule has 116 valence electrons. The smallest absolute Gasteiger partial charge is 0.407 e. The number of rotatable bonds is 2. The Hall–Kier alpha value is -2.15. The highest BCUT2D eigenvalue weighted by atomic mass is 35.5. The Bertz CT molecular complexity index is 714. The van der Waals surface area contributed by atoms with E-state index >= 15 is 0 Å². The molecule has 0 bridgehead atoms. The minimum Gasteiger partial charge on any atom is -0.465 e. The molecule has 8 heteroatoms. The van der Waals surface area contributed by atoms with Crippen molar-refractivity contribution in [2.75, 3.05) is 18.4 Å². The van der Waals surface area contributed by atoms with E-state index in [1.165, 1.54) is 0 Å². The van der Waals surface area contributed by atoms with Crippen LogP contribution in [0.4, 0.5) is 15.0 Å². The normalized spacial score (nSPS) is 21.8. The molecule has 2 aromatic rings. The molecule has 22 heavy (non-hydrogen) atoms. The van der Waals surface area contributed by atoms with Gasteiger partial charge in [0.25, 0.3) is 0 Å². The first kappa shape index (κ1) is 14.8. The third-order valence-electron chi connectivity index (χ3n) is 3.65. The topological polar surface area (TPSA) is 78.4 Å². The number of hydrogen-bond donors (Lipinski definition) is 2. The Kier molecular flexibility index (Phi) is 3.98. The Morgan fingerprint density at radius 1 is 1.32 bits per heavy atom. The molecule has 1 fully saturated rings. The number of anilines is 1. The number of hydrogen-bond acceptors (Lipinski definition) is 4. The molecule has 0 aliphatic carbocycles. The quantitative estimate of drug-likeness (QED) is 0.888. The molecule has 0 saturated carbocycles. The van der Waals surface area contributed by atoms with Gasteiger partial charge in [-0.2, -0.15) is 0 Å². The number of aromatic nitrogens is 2. The van der Waals surface area contributed by atoms with Gasteiger partial charge < -0.3 is 15.3 Å². The number of nitrogens with zero attached hydrogens (tertiary/aromatic N) is 3. The van der Waals surface area contributed by atoms with E-state index in [1.54, 1.807) is 0 Å². The van der Waals surface area contributed by atoms with E-state index in [9.17, 15) is 9.18 Å². The van der Waals surface area contributed by atoms with Crippen LogP contribution in [0, 0.1) is 0 Å². The van der Waals surface area contributed by atoms with Crippen molar-refractivity contribution >= 4 is 34.3 Å². The SMILES string of the molecule is O=C(O)N1C[C@H](F)C[C@@H](Nc2nnc(Cl)c3ccccc23)C1. The number of alkyl halides is 1. The van der Waals surface area contributed by atoms with Gasteiger partial charge in [0.2, 0.25) is 0 Å². The van der Waals surface area contributed by atoms with E-state index in [4.69, 9.17) is 16.7 Å². The van der Waals surface area contributed by atoms with Crippen molar-refractivity contribution in [1.82, 2.24) is 15.1 Å². The Morgan fingerprint density at radius 2 is 2.05 bits per heavy atom. The van der Waals surface area contributed by atoms with Crippen LogP contribution in [-0.2, 0) is 0 Å². The van der Waals surface area contributed by atoms with Crippen LogP contribution in [0.3, 0.4) is 0 Å². The lowest BCUT2D eigenvalue weighted by Gasteiger charge is -2.33. The van der Waals surface area contributed by atoms with E-state index in [0.29, 0.717) is 11.0 Å². The number of halogens is 2. The molecule has 1 saturated heterocycles. The van der Waals surface area contributed by atoms with Crippen LogP contribution in [0.1, 0.15) is 6.42 Å². The average molecular weight is 325 g/mol. The van der Waals surface area contributed by atoms with Crippen LogP contribution in [0.25, 0.3) is 10.8 Å². The van der Waals surface area contributed by atoms with Gasteiger partial charge in [-0.3, -0.25) is 0 Å². The fourth-order valence-corrected chi connectivity index (χ4v) is 2.87. The summed E-state index contributed by atoms with van der Waals surface area (Å²) in [6, 6.07) is 6.97. The summed E-state index contributed by atoms with van der Waals surface area (Å²) in [5, 5.41) is 21.8. The summed E-state index contributed by atoms with van der Waals surface area (Å²) >= 11 is 6.01. The third kappa shape index (κ3) is 2.89. The summed E-state index contributed by atoms with van der Waals surface area (Å²) < 4.78 is 13.7. The van der Waals surface area contributed by atoms with Gasteiger partial charge in [-0.25, -0.2) is 9.18 Å². The second kappa shape index (κ2) is 5.92. The third-order valence-corrected chi connectivity index (χ3v) is 3.93. The number of amides is 1. The maximum absolute atomic E-state index is 13.7. The van der Waals surface area contributed by atoms with Crippen LogP contribution >= 0.6 is 11.6 Å². The zero-order valence-corrected chi connectivity index (χ0v) is 12.3. The summed E-state index contributed by atoms with van der Waals surface area (Å²) in [7, 11) is 0. The lowest BCUT2D eigenvalue weighted by atomic mass is 10.0. The van der Waals surface area contributed by atoms with Gasteiger partial charge in [0.05, 0.1) is 6.54 Å². The van der Waals surface area contributed by atoms with Gasteiger partial charge in [-0.05, 0) is 0 Å². The highest BCUT2D eigenvalue weighted by Crippen LogP contribution is 2.27. The van der Waals surface area contributed by atoms with E-state index in [2.05, 4.69) is 15.5 Å². The number of nitrogens with one attached hydrogen (secondary N) is 1. The highest BCUT2D eigenvalue weighted by molar-refractivity contribution is 6.34. The second-order valence-electron chi connectivity index (χ2n) is 5.25. The van der Waals surface area contributed by atoms with Crippen molar-refractivity contribution < 1.29 is 14.3 Å². The first-order valence-corrected chi connectivity index (χ1v) is 7.22. The second-order valence-corrected chi connectivity index (χ2v) is 5.60. The molecule has 3 rings (SSSR count). The van der Waals surface area contributed by atoms with Crippen LogP contribution in [-0.4, -0.2) is 51.6 Å². The van der Waals surface area contributed by atoms with Crippen molar-refractivity contribution in [2.24, 2.45) is 0 Å². The van der Waals surface area contributed by atoms with Crippen molar-refractivity contribution in [1.29, 1.82) is 0 Å². The Morgan fingerprint density at radius 3 is 2.77 bits per heavy atom. The molecule has 2 atom stereocenters. The first-order valence-electron chi connectivity index (χ1n) is 6.84. The molecule has 0 unspecified atom stereocenters. The monoisotopic (exact) mass is 324 g/mol. The van der Waals surface area contributed by atoms with Crippen LogP contribution in [0.15, 0.2) is 24.3 Å². The largest absolute Gasteiger partial charge is 0.465 e. The van der Waals surface area contributed by atoms with E-state index in [-0.39, 0.29) is 25.6 Å². The minimum atomic E-state index is -1.20. The number of fused-ring (bicyclic) bond motifs is 1. The van der Waals surface area contributed by atoms with E-state index in [0.717, 1.165) is 15.7 Å². The van der Waals surface area contributed by atoms with Crippen molar-refractivity contribution in [3.05, 3.63) is 29.4 Å². The molecule has 2 heterocycles. The maximum atomic E-state index is 13.7. The zero-order chi connectivity index (χ0) is 15.7. The summed E-state index contributed by atoms with van der Waals surface area (Å²) in [6.07, 6.45) is -2.10. The molecule has 1 aliphatic heterocycles. The predicted molar refractivity (Wildman–Crippen MR) is 81.1 cm³/mol. The van der Waals surface area contributed by atoms with Crippen molar-refractivity contribution in [3.8, 4) is 0 Å². The maximum Gasteiger partial charge on any atom is 0.407 e. The zero-order valence-electron chi connectivity index (χ0n) is 11.5. The van der Waals surface area contributed by atoms with Gasteiger partial charge in [-0.1, -0.05) is 35.9 Å². The van der Waals surface area contributed by atoms with Gasteiger partial charge in [0.15, 0.2) is 11.0 Å². The molecule has 2 N–H and O–H groups in total. The number of piperidine rings is 1. The molecule has 1 aromatic carbocycles. The fourth-order valence-electron chi connectivity index (χ4n) is 2.67. The summed E-state index contributed by atoms with van der Waals surface area (Å²) in [5.74, 6) is 0.476. The van der Waals surface area contributed by atoms with Crippen molar-refractivity contribution in [2.45, 2.75) is 18.6 Å². The van der Waals surface area contributed by atoms with Gasteiger partial charge in [0, 0.05) is 29.8 Å². The minimum absolute atomic E-state index is 0.0967. The number of carboxylic acid groups (broad SMARTS) is 1. The summed E-state index contributed by atoms with van der Waals surface area (Å²) in [5.41, 5.74) is 0. The summed E-state index contributed by atoms with van der Waals surface area (Å²) in [6.45, 7) is 0.106. The molecule has 1 aliphatic rings. The van der Waals surface area contributed by atoms with Gasteiger partial charge >= 0.3 is 6.09 Å². The number of carbonyl (C=O) groups is 1. The predicted octanol–water partition coefficient (Wildman–Crippen LogP) is 2.79.